The first-order valence-corrected chi connectivity index (χ1v) is 6.78. The first-order valence-electron chi connectivity index (χ1n) is 6.78. The summed E-state index contributed by atoms with van der Waals surface area (Å²) in [6.45, 7) is 3.43. The van der Waals surface area contributed by atoms with Crippen LogP contribution >= 0.6 is 0 Å². The zero-order chi connectivity index (χ0) is 16.0. The molecule has 0 aromatic heterocycles. The van der Waals surface area contributed by atoms with Crippen LogP contribution in [0.3, 0.4) is 0 Å². The Morgan fingerprint density at radius 1 is 1.24 bits per heavy atom. The van der Waals surface area contributed by atoms with Gasteiger partial charge in [0.25, 0.3) is 0 Å². The quantitative estimate of drug-likeness (QED) is 0.813. The lowest BCUT2D eigenvalue weighted by Gasteiger charge is -2.26. The molecule has 21 heavy (non-hydrogen) atoms. The zero-order valence-electron chi connectivity index (χ0n) is 12.1. The fourth-order valence-corrected chi connectivity index (χ4v) is 2.06. The van der Waals surface area contributed by atoms with E-state index in [-0.39, 0.29) is 18.5 Å². The molecule has 0 fully saturated rings. The molecular weight excluding hydrogens is 280 g/mol. The molecule has 0 radical (unpaired) electrons. The van der Waals surface area contributed by atoms with Crippen molar-refractivity contribution in [2.24, 2.45) is 5.41 Å². The summed E-state index contributed by atoms with van der Waals surface area (Å²) in [5, 5.41) is 11.7. The zero-order valence-corrected chi connectivity index (χ0v) is 12.1. The molecule has 0 atom stereocenters. The van der Waals surface area contributed by atoms with E-state index in [0.29, 0.717) is 12.8 Å². The minimum Gasteiger partial charge on any atom is -0.481 e. The van der Waals surface area contributed by atoms with Crippen molar-refractivity contribution in [3.8, 4) is 0 Å². The van der Waals surface area contributed by atoms with E-state index in [9.17, 15) is 23.5 Å². The van der Waals surface area contributed by atoms with Gasteiger partial charge < -0.3 is 10.4 Å². The van der Waals surface area contributed by atoms with Gasteiger partial charge in [0, 0.05) is 12.1 Å². The van der Waals surface area contributed by atoms with E-state index in [1.165, 1.54) is 0 Å². The number of aliphatic carboxylic acids is 1. The van der Waals surface area contributed by atoms with Crippen LogP contribution in [0.5, 0.6) is 0 Å². The van der Waals surface area contributed by atoms with Gasteiger partial charge in [0.15, 0.2) is 0 Å². The van der Waals surface area contributed by atoms with Crippen molar-refractivity contribution in [2.75, 3.05) is 6.54 Å². The van der Waals surface area contributed by atoms with Gasteiger partial charge in [0.1, 0.15) is 11.6 Å². The van der Waals surface area contributed by atoms with Crippen LogP contribution in [0.15, 0.2) is 18.2 Å². The van der Waals surface area contributed by atoms with E-state index in [1.54, 1.807) is 13.8 Å². The highest BCUT2D eigenvalue weighted by atomic mass is 19.1. The Balaban J connectivity index is 2.70. The number of benzene rings is 1. The van der Waals surface area contributed by atoms with Crippen LogP contribution in [0, 0.1) is 17.0 Å². The summed E-state index contributed by atoms with van der Waals surface area (Å²) in [5.74, 6) is -2.81. The van der Waals surface area contributed by atoms with Crippen LogP contribution in [0.25, 0.3) is 0 Å². The third-order valence-corrected chi connectivity index (χ3v) is 3.79. The summed E-state index contributed by atoms with van der Waals surface area (Å²) in [5.41, 5.74) is -1.09. The first-order chi connectivity index (χ1) is 9.84. The van der Waals surface area contributed by atoms with Gasteiger partial charge in [-0.15, -0.1) is 0 Å². The van der Waals surface area contributed by atoms with E-state index in [1.807, 2.05) is 0 Å². The molecule has 6 heteroatoms. The van der Waals surface area contributed by atoms with Crippen molar-refractivity contribution in [1.82, 2.24) is 5.32 Å². The second kappa shape index (κ2) is 7.15. The molecule has 0 heterocycles. The molecular formula is C15H19F2NO3. The van der Waals surface area contributed by atoms with E-state index in [2.05, 4.69) is 5.32 Å². The minimum atomic E-state index is -1.03. The summed E-state index contributed by atoms with van der Waals surface area (Å²) < 4.78 is 26.4. The van der Waals surface area contributed by atoms with Gasteiger partial charge in [-0.3, -0.25) is 9.59 Å². The monoisotopic (exact) mass is 299 g/mol. The van der Waals surface area contributed by atoms with Crippen molar-refractivity contribution in [3.05, 3.63) is 35.4 Å². The van der Waals surface area contributed by atoms with Crippen molar-refractivity contribution in [3.63, 3.8) is 0 Å². The normalized spacial score (nSPS) is 11.2. The van der Waals surface area contributed by atoms with Gasteiger partial charge >= 0.3 is 5.97 Å². The number of nitrogens with one attached hydrogen (secondary N) is 1. The maximum atomic E-state index is 13.4. The number of carbonyl (C=O) groups is 2. The number of carboxylic acids is 1. The average Bonchev–Trinajstić information content (AvgIpc) is 2.44. The second-order valence-electron chi connectivity index (χ2n) is 4.98. The lowest BCUT2D eigenvalue weighted by molar-refractivity contribution is -0.149. The van der Waals surface area contributed by atoms with Gasteiger partial charge in [-0.1, -0.05) is 13.8 Å². The highest BCUT2D eigenvalue weighted by Crippen LogP contribution is 2.25. The number of carboxylic acid groups (broad SMARTS) is 1. The van der Waals surface area contributed by atoms with Crippen molar-refractivity contribution in [1.29, 1.82) is 0 Å². The molecule has 0 saturated heterocycles. The summed E-state index contributed by atoms with van der Waals surface area (Å²) in [7, 11) is 0. The molecule has 0 aliphatic carbocycles. The predicted octanol–water partition coefficient (Wildman–Crippen LogP) is 2.51. The summed E-state index contributed by atoms with van der Waals surface area (Å²) in [6.07, 6.45) is 0.410. The Kier molecular flexibility index (Phi) is 5.81. The lowest BCUT2D eigenvalue weighted by atomic mass is 9.82. The topological polar surface area (TPSA) is 66.4 Å². The van der Waals surface area contributed by atoms with Gasteiger partial charge in [0.2, 0.25) is 5.91 Å². The number of halogens is 2. The lowest BCUT2D eigenvalue weighted by Crippen LogP contribution is -2.42. The summed E-state index contributed by atoms with van der Waals surface area (Å²) in [6, 6.07) is 2.89. The number of hydrogen-bond donors (Lipinski definition) is 2. The van der Waals surface area contributed by atoms with E-state index >= 15 is 0 Å². The van der Waals surface area contributed by atoms with Crippen LogP contribution < -0.4 is 5.32 Å². The largest absolute Gasteiger partial charge is 0.481 e. The number of hydrogen-bond acceptors (Lipinski definition) is 2. The standard InChI is InChI=1S/C15H19F2NO3/c1-3-15(4-2,14(20)21)9-18-13(19)8-10-7-11(16)5-6-12(10)17/h5-7H,3-4,8-9H2,1-2H3,(H,18,19)(H,20,21). The van der Waals surface area contributed by atoms with E-state index < -0.39 is 28.9 Å². The van der Waals surface area contributed by atoms with Crippen molar-refractivity contribution >= 4 is 11.9 Å². The van der Waals surface area contributed by atoms with Crippen molar-refractivity contribution in [2.45, 2.75) is 33.1 Å². The molecule has 0 saturated carbocycles. The van der Waals surface area contributed by atoms with Gasteiger partial charge in [-0.25, -0.2) is 8.78 Å². The molecule has 0 bridgehead atoms. The average molecular weight is 299 g/mol. The Hall–Kier alpha value is -1.98. The molecule has 0 aliphatic rings. The third-order valence-electron chi connectivity index (χ3n) is 3.79. The number of rotatable bonds is 7. The minimum absolute atomic E-state index is 0.0366. The molecule has 0 aliphatic heterocycles. The van der Waals surface area contributed by atoms with Crippen LogP contribution in [0.4, 0.5) is 8.78 Å². The fraction of sp³-hybridized carbons (Fsp3) is 0.467. The summed E-state index contributed by atoms with van der Waals surface area (Å²) in [4.78, 5) is 23.1. The Labute approximate surface area is 122 Å². The molecule has 1 aromatic rings. The molecule has 0 unspecified atom stereocenters. The molecule has 116 valence electrons. The smallest absolute Gasteiger partial charge is 0.311 e. The van der Waals surface area contributed by atoms with Crippen LogP contribution in [0.1, 0.15) is 32.3 Å². The molecule has 1 amide bonds. The van der Waals surface area contributed by atoms with Crippen LogP contribution in [-0.2, 0) is 16.0 Å². The Bertz CT molecular complexity index is 528. The van der Waals surface area contributed by atoms with E-state index in [0.717, 1.165) is 18.2 Å². The summed E-state index contributed by atoms with van der Waals surface area (Å²) >= 11 is 0. The van der Waals surface area contributed by atoms with Crippen molar-refractivity contribution < 1.29 is 23.5 Å². The van der Waals surface area contributed by atoms with Crippen LogP contribution in [0.2, 0.25) is 0 Å². The SMILES string of the molecule is CCC(CC)(CNC(=O)Cc1cc(F)ccc1F)C(=O)O. The second-order valence-corrected chi connectivity index (χ2v) is 4.98. The third kappa shape index (κ3) is 4.24. The maximum Gasteiger partial charge on any atom is 0.311 e. The molecule has 2 N–H and O–H groups in total. The Morgan fingerprint density at radius 2 is 1.86 bits per heavy atom. The number of amides is 1. The van der Waals surface area contributed by atoms with Crippen LogP contribution in [-0.4, -0.2) is 23.5 Å². The van der Waals surface area contributed by atoms with E-state index in [4.69, 9.17) is 0 Å². The maximum absolute atomic E-state index is 13.4. The highest BCUT2D eigenvalue weighted by molar-refractivity contribution is 5.80. The molecule has 1 aromatic carbocycles. The highest BCUT2D eigenvalue weighted by Gasteiger charge is 2.35. The van der Waals surface area contributed by atoms with Gasteiger partial charge in [-0.2, -0.15) is 0 Å². The van der Waals surface area contributed by atoms with Gasteiger partial charge in [0.05, 0.1) is 11.8 Å². The fourth-order valence-electron chi connectivity index (χ4n) is 2.06. The molecule has 4 nitrogen and oxygen atoms in total. The first kappa shape index (κ1) is 17.1. The molecule has 1 rings (SSSR count). The molecule has 0 spiro atoms. The Morgan fingerprint density at radius 3 is 2.38 bits per heavy atom. The number of carbonyl (C=O) groups excluding carboxylic acids is 1. The predicted molar refractivity (Wildman–Crippen MR) is 73.7 cm³/mol. The van der Waals surface area contributed by atoms with Gasteiger partial charge in [-0.05, 0) is 31.0 Å².